The van der Waals surface area contributed by atoms with E-state index < -0.39 is 0 Å². The molecule has 0 bridgehead atoms. The number of aromatic nitrogens is 3. The molecule has 0 aromatic carbocycles. The van der Waals surface area contributed by atoms with Gasteiger partial charge in [0.05, 0.1) is 17.4 Å². The average molecular weight is 273 g/mol. The lowest BCUT2D eigenvalue weighted by Crippen LogP contribution is -2.26. The van der Waals surface area contributed by atoms with Crippen LogP contribution in [0.1, 0.15) is 22.8 Å². The van der Waals surface area contributed by atoms with Crippen molar-refractivity contribution in [2.75, 3.05) is 18.4 Å². The van der Waals surface area contributed by atoms with Crippen molar-refractivity contribution in [1.29, 1.82) is 0 Å². The van der Waals surface area contributed by atoms with Crippen LogP contribution in [-0.4, -0.2) is 33.8 Å². The number of carbonyl (C=O) groups is 1. The topological polar surface area (TPSA) is 71.8 Å². The Kier molecular flexibility index (Phi) is 4.70. The summed E-state index contributed by atoms with van der Waals surface area (Å²) in [5.74, 6) is -0.113. The van der Waals surface area contributed by atoms with E-state index in [2.05, 4.69) is 20.7 Å². The highest BCUT2D eigenvalue weighted by atomic mass is 16.1. The van der Waals surface area contributed by atoms with Gasteiger partial charge in [-0.1, -0.05) is 0 Å². The Hall–Kier alpha value is -2.37. The maximum Gasteiger partial charge on any atom is 0.254 e. The second-order valence-electron chi connectivity index (χ2n) is 4.48. The predicted octanol–water partition coefficient (Wildman–Crippen LogP) is 1.22. The third kappa shape index (κ3) is 3.57. The van der Waals surface area contributed by atoms with Crippen LogP contribution >= 0.6 is 0 Å². The van der Waals surface area contributed by atoms with E-state index in [0.29, 0.717) is 12.1 Å². The minimum absolute atomic E-state index is 0.113. The van der Waals surface area contributed by atoms with Crippen molar-refractivity contribution in [3.05, 3.63) is 42.0 Å². The van der Waals surface area contributed by atoms with Gasteiger partial charge in [-0.25, -0.2) is 0 Å². The molecule has 0 aliphatic rings. The van der Waals surface area contributed by atoms with Crippen LogP contribution in [0.15, 0.2) is 30.9 Å². The van der Waals surface area contributed by atoms with E-state index in [1.165, 1.54) is 0 Å². The minimum atomic E-state index is -0.113. The van der Waals surface area contributed by atoms with Gasteiger partial charge < -0.3 is 10.6 Å². The largest absolute Gasteiger partial charge is 0.385 e. The predicted molar refractivity (Wildman–Crippen MR) is 77.6 cm³/mol. The second kappa shape index (κ2) is 6.70. The molecule has 0 fully saturated rings. The van der Waals surface area contributed by atoms with E-state index in [9.17, 15) is 4.79 Å². The molecule has 0 saturated heterocycles. The summed E-state index contributed by atoms with van der Waals surface area (Å²) in [7, 11) is 1.88. The molecule has 2 heterocycles. The van der Waals surface area contributed by atoms with Gasteiger partial charge in [0.2, 0.25) is 0 Å². The van der Waals surface area contributed by atoms with Crippen LogP contribution in [-0.2, 0) is 13.5 Å². The van der Waals surface area contributed by atoms with Crippen LogP contribution in [0.5, 0.6) is 0 Å². The summed E-state index contributed by atoms with van der Waals surface area (Å²) in [4.78, 5) is 16.1. The smallest absolute Gasteiger partial charge is 0.254 e. The SMILES string of the molecule is CCNc1ccncc1C(=O)NCCc1cnn(C)c1. The monoisotopic (exact) mass is 273 g/mol. The first-order valence-corrected chi connectivity index (χ1v) is 6.64. The summed E-state index contributed by atoms with van der Waals surface area (Å²) < 4.78 is 1.75. The Balaban J connectivity index is 1.91. The van der Waals surface area contributed by atoms with Crippen LogP contribution in [0.25, 0.3) is 0 Å². The number of carbonyl (C=O) groups excluding carboxylic acids is 1. The maximum atomic E-state index is 12.1. The average Bonchev–Trinajstić information content (AvgIpc) is 2.85. The lowest BCUT2D eigenvalue weighted by Gasteiger charge is -2.10. The zero-order valence-corrected chi connectivity index (χ0v) is 11.8. The van der Waals surface area contributed by atoms with E-state index >= 15 is 0 Å². The van der Waals surface area contributed by atoms with E-state index in [1.54, 1.807) is 29.3 Å². The zero-order chi connectivity index (χ0) is 14.4. The Morgan fingerprint density at radius 3 is 2.95 bits per heavy atom. The number of hydrogen-bond acceptors (Lipinski definition) is 4. The fourth-order valence-electron chi connectivity index (χ4n) is 1.94. The van der Waals surface area contributed by atoms with Gasteiger partial charge in [-0.05, 0) is 25.0 Å². The molecule has 2 N–H and O–H groups in total. The van der Waals surface area contributed by atoms with Crippen LogP contribution < -0.4 is 10.6 Å². The standard InChI is InChI=1S/C14H19N5O/c1-3-16-13-5-6-15-9-12(13)14(20)17-7-4-11-8-18-19(2)10-11/h5-6,8-10H,3-4,7H2,1-2H3,(H,15,16)(H,17,20). The second-order valence-corrected chi connectivity index (χ2v) is 4.48. The summed E-state index contributed by atoms with van der Waals surface area (Å²) >= 11 is 0. The summed E-state index contributed by atoms with van der Waals surface area (Å²) in [5.41, 5.74) is 2.48. The van der Waals surface area contributed by atoms with Crippen molar-refractivity contribution in [3.8, 4) is 0 Å². The maximum absolute atomic E-state index is 12.1. The van der Waals surface area contributed by atoms with Crippen molar-refractivity contribution >= 4 is 11.6 Å². The number of pyridine rings is 1. The molecule has 0 saturated carbocycles. The van der Waals surface area contributed by atoms with Gasteiger partial charge in [0.1, 0.15) is 0 Å². The fourth-order valence-corrected chi connectivity index (χ4v) is 1.94. The molecule has 0 spiro atoms. The number of nitrogens with one attached hydrogen (secondary N) is 2. The summed E-state index contributed by atoms with van der Waals surface area (Å²) in [6, 6.07) is 1.81. The van der Waals surface area contributed by atoms with Gasteiger partial charge in [0, 0.05) is 38.7 Å². The molecule has 6 heteroatoms. The quantitative estimate of drug-likeness (QED) is 0.830. The van der Waals surface area contributed by atoms with Crippen molar-refractivity contribution < 1.29 is 4.79 Å². The van der Waals surface area contributed by atoms with Gasteiger partial charge in [0.25, 0.3) is 5.91 Å². The molecule has 0 aliphatic carbocycles. The van der Waals surface area contributed by atoms with Gasteiger partial charge in [-0.3, -0.25) is 14.5 Å². The van der Waals surface area contributed by atoms with Gasteiger partial charge in [-0.15, -0.1) is 0 Å². The number of hydrogen-bond donors (Lipinski definition) is 2. The number of rotatable bonds is 6. The molecule has 2 aromatic rings. The fraction of sp³-hybridized carbons (Fsp3) is 0.357. The first-order chi connectivity index (χ1) is 9.70. The van der Waals surface area contributed by atoms with Gasteiger partial charge in [-0.2, -0.15) is 5.10 Å². The van der Waals surface area contributed by atoms with Gasteiger partial charge in [0.15, 0.2) is 0 Å². The van der Waals surface area contributed by atoms with E-state index in [-0.39, 0.29) is 5.91 Å². The summed E-state index contributed by atoms with van der Waals surface area (Å²) in [6.45, 7) is 3.33. The molecule has 2 rings (SSSR count). The Bertz CT molecular complexity index is 578. The van der Waals surface area contributed by atoms with E-state index in [1.807, 2.05) is 20.2 Å². The molecular weight excluding hydrogens is 254 g/mol. The molecular formula is C14H19N5O. The van der Waals surface area contributed by atoms with Crippen molar-refractivity contribution in [3.63, 3.8) is 0 Å². The molecule has 1 amide bonds. The molecule has 0 atom stereocenters. The minimum Gasteiger partial charge on any atom is -0.385 e. The molecule has 6 nitrogen and oxygen atoms in total. The normalized spacial score (nSPS) is 10.3. The molecule has 0 radical (unpaired) electrons. The van der Waals surface area contributed by atoms with Crippen molar-refractivity contribution in [2.24, 2.45) is 7.05 Å². The van der Waals surface area contributed by atoms with E-state index in [4.69, 9.17) is 0 Å². The van der Waals surface area contributed by atoms with E-state index in [0.717, 1.165) is 24.2 Å². The third-order valence-electron chi connectivity index (χ3n) is 2.89. The summed E-state index contributed by atoms with van der Waals surface area (Å²) in [5, 5.41) is 10.1. The first-order valence-electron chi connectivity index (χ1n) is 6.64. The first kappa shape index (κ1) is 14.0. The Morgan fingerprint density at radius 2 is 2.25 bits per heavy atom. The van der Waals surface area contributed by atoms with Crippen molar-refractivity contribution in [1.82, 2.24) is 20.1 Å². The zero-order valence-electron chi connectivity index (χ0n) is 11.8. The Morgan fingerprint density at radius 1 is 1.40 bits per heavy atom. The number of amides is 1. The molecule has 106 valence electrons. The lowest BCUT2D eigenvalue weighted by molar-refractivity contribution is 0.0954. The highest BCUT2D eigenvalue weighted by Gasteiger charge is 2.10. The Labute approximate surface area is 118 Å². The highest BCUT2D eigenvalue weighted by molar-refractivity contribution is 5.99. The van der Waals surface area contributed by atoms with Gasteiger partial charge >= 0.3 is 0 Å². The van der Waals surface area contributed by atoms with Crippen LogP contribution in [0.2, 0.25) is 0 Å². The van der Waals surface area contributed by atoms with Crippen LogP contribution in [0.4, 0.5) is 5.69 Å². The number of nitrogens with zero attached hydrogens (tertiary/aromatic N) is 3. The molecule has 20 heavy (non-hydrogen) atoms. The third-order valence-corrected chi connectivity index (χ3v) is 2.89. The molecule has 0 unspecified atom stereocenters. The molecule has 2 aromatic heterocycles. The molecule has 0 aliphatic heterocycles. The highest BCUT2D eigenvalue weighted by Crippen LogP contribution is 2.12. The van der Waals surface area contributed by atoms with Crippen molar-refractivity contribution in [2.45, 2.75) is 13.3 Å². The van der Waals surface area contributed by atoms with Crippen LogP contribution in [0, 0.1) is 0 Å². The summed E-state index contributed by atoms with van der Waals surface area (Å²) in [6.07, 6.45) is 7.76. The number of aryl methyl sites for hydroxylation is 1. The van der Waals surface area contributed by atoms with Crippen LogP contribution in [0.3, 0.4) is 0 Å². The lowest BCUT2D eigenvalue weighted by atomic mass is 10.2. The number of anilines is 1.